The van der Waals surface area contributed by atoms with E-state index in [1.165, 1.54) is 43.6 Å². The summed E-state index contributed by atoms with van der Waals surface area (Å²) < 4.78 is 13.9. The van der Waals surface area contributed by atoms with Gasteiger partial charge in [-0.15, -0.1) is 0 Å². The molecule has 1 atom stereocenters. The maximum Gasteiger partial charge on any atom is 0.394 e. The van der Waals surface area contributed by atoms with Crippen molar-refractivity contribution in [3.05, 3.63) is 59.4 Å². The SMILES string of the molecule is CC(c1ncccc1F)N(Cc1ccc(C#N)cn1)C(=O)C(=O)O. The molecule has 0 aliphatic rings. The van der Waals surface area contributed by atoms with Crippen molar-refractivity contribution in [2.75, 3.05) is 0 Å². The number of nitriles is 1. The highest BCUT2D eigenvalue weighted by atomic mass is 19.1. The molecule has 0 saturated carbocycles. The van der Waals surface area contributed by atoms with Crippen molar-refractivity contribution in [3.63, 3.8) is 0 Å². The molecule has 1 amide bonds. The quantitative estimate of drug-likeness (QED) is 0.855. The molecule has 0 aliphatic carbocycles. The first-order chi connectivity index (χ1) is 11.4. The largest absolute Gasteiger partial charge is 0.474 e. The Morgan fingerprint density at radius 1 is 1.38 bits per heavy atom. The molecule has 2 aromatic rings. The summed E-state index contributed by atoms with van der Waals surface area (Å²) in [6.07, 6.45) is 2.67. The molecule has 1 N–H and O–H groups in total. The first kappa shape index (κ1) is 17.0. The van der Waals surface area contributed by atoms with Crippen LogP contribution in [0.2, 0.25) is 0 Å². The zero-order valence-electron chi connectivity index (χ0n) is 12.7. The van der Waals surface area contributed by atoms with E-state index >= 15 is 0 Å². The summed E-state index contributed by atoms with van der Waals surface area (Å²) in [4.78, 5) is 31.9. The number of hydrogen-bond acceptors (Lipinski definition) is 5. The van der Waals surface area contributed by atoms with Gasteiger partial charge in [0, 0.05) is 12.4 Å². The molecule has 24 heavy (non-hydrogen) atoms. The zero-order valence-corrected chi connectivity index (χ0v) is 12.7. The number of carbonyl (C=O) groups is 2. The van der Waals surface area contributed by atoms with Crippen LogP contribution in [0.5, 0.6) is 0 Å². The van der Waals surface area contributed by atoms with Gasteiger partial charge in [-0.05, 0) is 31.2 Å². The molecule has 0 saturated heterocycles. The standard InChI is InChI=1S/C16H13FN4O3/c1-10(14-13(17)3-2-6-19-14)21(15(22)16(23)24)9-12-5-4-11(7-18)8-20-12/h2-6,8,10H,9H2,1H3,(H,23,24). The van der Waals surface area contributed by atoms with E-state index in [1.807, 2.05) is 6.07 Å². The Balaban J connectivity index is 2.34. The van der Waals surface area contributed by atoms with Crippen LogP contribution in [0.1, 0.15) is 29.9 Å². The Labute approximate surface area is 137 Å². The average molecular weight is 328 g/mol. The smallest absolute Gasteiger partial charge is 0.394 e. The Bertz CT molecular complexity index is 802. The normalized spacial score (nSPS) is 11.4. The number of amides is 1. The third-order valence-corrected chi connectivity index (χ3v) is 3.38. The van der Waals surface area contributed by atoms with Crippen LogP contribution in [0.3, 0.4) is 0 Å². The summed E-state index contributed by atoms with van der Waals surface area (Å²) in [5.41, 5.74) is 0.659. The highest BCUT2D eigenvalue weighted by molar-refractivity contribution is 6.31. The second kappa shape index (κ2) is 7.28. The summed E-state index contributed by atoms with van der Waals surface area (Å²) in [7, 11) is 0. The van der Waals surface area contributed by atoms with Gasteiger partial charge in [-0.1, -0.05) is 0 Å². The summed E-state index contributed by atoms with van der Waals surface area (Å²) in [5.74, 6) is -3.49. The predicted molar refractivity (Wildman–Crippen MR) is 79.7 cm³/mol. The van der Waals surface area contributed by atoms with Gasteiger partial charge < -0.3 is 10.0 Å². The third-order valence-electron chi connectivity index (χ3n) is 3.38. The second-order valence-corrected chi connectivity index (χ2v) is 4.93. The molecule has 0 spiro atoms. The van der Waals surface area contributed by atoms with Gasteiger partial charge in [-0.3, -0.25) is 14.8 Å². The fraction of sp³-hybridized carbons (Fsp3) is 0.188. The lowest BCUT2D eigenvalue weighted by Gasteiger charge is -2.27. The van der Waals surface area contributed by atoms with Gasteiger partial charge in [-0.25, -0.2) is 9.18 Å². The second-order valence-electron chi connectivity index (χ2n) is 4.93. The molecular formula is C16H13FN4O3. The van der Waals surface area contributed by atoms with E-state index < -0.39 is 23.7 Å². The van der Waals surface area contributed by atoms with E-state index in [1.54, 1.807) is 0 Å². The zero-order chi connectivity index (χ0) is 17.7. The van der Waals surface area contributed by atoms with Crippen LogP contribution in [-0.4, -0.2) is 31.9 Å². The van der Waals surface area contributed by atoms with E-state index in [0.29, 0.717) is 11.3 Å². The van der Waals surface area contributed by atoms with E-state index in [9.17, 15) is 14.0 Å². The fourth-order valence-electron chi connectivity index (χ4n) is 2.12. The van der Waals surface area contributed by atoms with Gasteiger partial charge in [0.25, 0.3) is 0 Å². The van der Waals surface area contributed by atoms with Crippen molar-refractivity contribution < 1.29 is 19.1 Å². The minimum atomic E-state index is -1.66. The van der Waals surface area contributed by atoms with Crippen LogP contribution >= 0.6 is 0 Å². The minimum Gasteiger partial charge on any atom is -0.474 e. The maximum absolute atomic E-state index is 13.9. The van der Waals surface area contributed by atoms with E-state index in [4.69, 9.17) is 10.4 Å². The summed E-state index contributed by atoms with van der Waals surface area (Å²) >= 11 is 0. The molecule has 2 heterocycles. The van der Waals surface area contributed by atoms with Crippen LogP contribution in [0.4, 0.5) is 4.39 Å². The highest BCUT2D eigenvalue weighted by Gasteiger charge is 2.29. The average Bonchev–Trinajstić information content (AvgIpc) is 2.59. The van der Waals surface area contributed by atoms with Gasteiger partial charge in [0.15, 0.2) is 0 Å². The number of halogens is 1. The first-order valence-electron chi connectivity index (χ1n) is 6.93. The number of carboxylic acids is 1. The Morgan fingerprint density at radius 2 is 2.12 bits per heavy atom. The number of aromatic nitrogens is 2. The van der Waals surface area contributed by atoms with Crippen molar-refractivity contribution in [2.24, 2.45) is 0 Å². The summed E-state index contributed by atoms with van der Waals surface area (Å²) in [6, 6.07) is 6.58. The predicted octanol–water partition coefficient (Wildman–Crippen LogP) is 1.66. The number of carbonyl (C=O) groups excluding carboxylic acids is 1. The van der Waals surface area contributed by atoms with Crippen molar-refractivity contribution in [2.45, 2.75) is 19.5 Å². The van der Waals surface area contributed by atoms with Crippen molar-refractivity contribution in [1.29, 1.82) is 5.26 Å². The Kier molecular flexibility index (Phi) is 5.16. The molecule has 1 unspecified atom stereocenters. The third kappa shape index (κ3) is 3.70. The number of rotatable bonds is 4. The van der Waals surface area contributed by atoms with Crippen molar-refractivity contribution >= 4 is 11.9 Å². The molecule has 8 heteroatoms. The molecule has 2 rings (SSSR count). The van der Waals surface area contributed by atoms with Gasteiger partial charge in [0.2, 0.25) is 0 Å². The number of hydrogen-bond donors (Lipinski definition) is 1. The van der Waals surface area contributed by atoms with Gasteiger partial charge >= 0.3 is 11.9 Å². The van der Waals surface area contributed by atoms with Crippen LogP contribution in [0.25, 0.3) is 0 Å². The number of pyridine rings is 2. The number of aliphatic carboxylic acids is 1. The van der Waals surface area contributed by atoms with Crippen LogP contribution in [0, 0.1) is 17.1 Å². The molecule has 0 radical (unpaired) electrons. The molecule has 0 bridgehead atoms. The molecular weight excluding hydrogens is 315 g/mol. The van der Waals surface area contributed by atoms with Gasteiger partial charge in [0.1, 0.15) is 11.9 Å². The Hall–Kier alpha value is -3.34. The van der Waals surface area contributed by atoms with Gasteiger partial charge in [0.05, 0.1) is 29.5 Å². The number of nitrogens with zero attached hydrogens (tertiary/aromatic N) is 4. The Morgan fingerprint density at radius 3 is 2.67 bits per heavy atom. The maximum atomic E-state index is 13.9. The molecule has 7 nitrogen and oxygen atoms in total. The number of carboxylic acid groups (broad SMARTS) is 1. The lowest BCUT2D eigenvalue weighted by molar-refractivity contribution is -0.157. The highest BCUT2D eigenvalue weighted by Crippen LogP contribution is 2.22. The van der Waals surface area contributed by atoms with Crippen LogP contribution in [-0.2, 0) is 16.1 Å². The van der Waals surface area contributed by atoms with E-state index in [-0.39, 0.29) is 12.2 Å². The molecule has 0 aliphatic heterocycles. The fourth-order valence-corrected chi connectivity index (χ4v) is 2.12. The van der Waals surface area contributed by atoms with E-state index in [0.717, 1.165) is 4.90 Å². The van der Waals surface area contributed by atoms with Gasteiger partial charge in [-0.2, -0.15) is 5.26 Å². The van der Waals surface area contributed by atoms with E-state index in [2.05, 4.69) is 9.97 Å². The lowest BCUT2D eigenvalue weighted by atomic mass is 10.1. The lowest BCUT2D eigenvalue weighted by Crippen LogP contribution is -2.38. The molecule has 0 fully saturated rings. The van der Waals surface area contributed by atoms with Crippen molar-refractivity contribution in [1.82, 2.24) is 14.9 Å². The van der Waals surface area contributed by atoms with Crippen LogP contribution < -0.4 is 0 Å². The molecule has 0 aromatic carbocycles. The van der Waals surface area contributed by atoms with Crippen molar-refractivity contribution in [3.8, 4) is 6.07 Å². The summed E-state index contributed by atoms with van der Waals surface area (Å²) in [6.45, 7) is 1.32. The minimum absolute atomic E-state index is 0.0410. The van der Waals surface area contributed by atoms with Crippen LogP contribution in [0.15, 0.2) is 36.7 Å². The first-order valence-corrected chi connectivity index (χ1v) is 6.93. The summed E-state index contributed by atoms with van der Waals surface area (Å²) in [5, 5.41) is 17.8. The molecule has 122 valence electrons. The molecule has 2 aromatic heterocycles. The topological polar surface area (TPSA) is 107 Å². The monoisotopic (exact) mass is 328 g/mol.